The molecule has 0 spiro atoms. The molecule has 2 aliphatic rings. The van der Waals surface area contributed by atoms with Crippen LogP contribution in [0.3, 0.4) is 0 Å². The maximum atomic E-state index is 5.93. The van der Waals surface area contributed by atoms with Gasteiger partial charge in [0.05, 0.1) is 5.69 Å². The molecular weight excluding hydrogens is 190 g/mol. The lowest BCUT2D eigenvalue weighted by molar-refractivity contribution is 0.109. The molecule has 82 valence electrons. The van der Waals surface area contributed by atoms with Crippen molar-refractivity contribution >= 4 is 0 Å². The number of aryl methyl sites for hydroxylation is 1. The van der Waals surface area contributed by atoms with Crippen LogP contribution in [0.4, 0.5) is 0 Å². The average molecular weight is 207 g/mol. The Hall–Kier alpha value is -0.870. The van der Waals surface area contributed by atoms with Crippen LogP contribution in [0.25, 0.3) is 0 Å². The fourth-order valence-electron chi connectivity index (χ4n) is 2.44. The Morgan fingerprint density at radius 1 is 1.47 bits per heavy atom. The minimum Gasteiger partial charge on any atom is -0.372 e. The van der Waals surface area contributed by atoms with Crippen LogP contribution in [0.1, 0.15) is 36.9 Å². The number of rotatable bonds is 1. The monoisotopic (exact) mass is 207 g/mol. The highest BCUT2D eigenvalue weighted by molar-refractivity contribution is 5.11. The first-order chi connectivity index (χ1) is 7.33. The first-order valence-corrected chi connectivity index (χ1v) is 5.76. The number of hydrogen-bond donors (Lipinski definition) is 1. The Labute approximate surface area is 89.4 Å². The summed E-state index contributed by atoms with van der Waals surface area (Å²) in [7, 11) is 0. The summed E-state index contributed by atoms with van der Waals surface area (Å²) in [4.78, 5) is 4.64. The van der Waals surface area contributed by atoms with Crippen LogP contribution >= 0.6 is 0 Å². The minimum atomic E-state index is 0.235. The lowest BCUT2D eigenvalue weighted by Gasteiger charge is -2.18. The minimum absolute atomic E-state index is 0.235. The molecule has 4 heteroatoms. The van der Waals surface area contributed by atoms with E-state index in [-0.39, 0.29) is 12.1 Å². The zero-order chi connectivity index (χ0) is 10.3. The van der Waals surface area contributed by atoms with E-state index in [4.69, 9.17) is 10.5 Å². The molecule has 1 aromatic rings. The molecule has 2 atom stereocenters. The summed E-state index contributed by atoms with van der Waals surface area (Å²) >= 11 is 0. The zero-order valence-corrected chi connectivity index (χ0v) is 8.85. The standard InChI is InChI=1S/C11H17N3O/c12-8-3-4-14-7-9(13-11(14)6-8)10-2-1-5-15-10/h7-8,10H,1-6,12H2. The van der Waals surface area contributed by atoms with E-state index in [1.165, 1.54) is 0 Å². The van der Waals surface area contributed by atoms with Crippen LogP contribution in [-0.2, 0) is 17.7 Å². The van der Waals surface area contributed by atoms with Crippen LogP contribution in [0.15, 0.2) is 6.20 Å². The average Bonchev–Trinajstić information content (AvgIpc) is 2.84. The molecular formula is C11H17N3O. The Morgan fingerprint density at radius 2 is 2.40 bits per heavy atom. The van der Waals surface area contributed by atoms with Crippen molar-refractivity contribution in [3.8, 4) is 0 Å². The molecule has 3 heterocycles. The summed E-state index contributed by atoms with van der Waals surface area (Å²) in [6.07, 6.45) is 6.63. The van der Waals surface area contributed by atoms with Crippen molar-refractivity contribution in [1.82, 2.24) is 9.55 Å². The number of fused-ring (bicyclic) bond motifs is 1. The predicted octanol–water partition coefficient (Wildman–Crippen LogP) is 1.01. The quantitative estimate of drug-likeness (QED) is 0.747. The lowest BCUT2D eigenvalue weighted by Crippen LogP contribution is -2.30. The second-order valence-corrected chi connectivity index (χ2v) is 4.53. The molecule has 3 rings (SSSR count). The third kappa shape index (κ3) is 1.68. The van der Waals surface area contributed by atoms with E-state index in [1.54, 1.807) is 0 Å². The molecule has 0 aliphatic carbocycles. The van der Waals surface area contributed by atoms with Gasteiger partial charge in [0.1, 0.15) is 11.9 Å². The highest BCUT2D eigenvalue weighted by Crippen LogP contribution is 2.28. The third-order valence-corrected chi connectivity index (χ3v) is 3.32. The number of hydrogen-bond acceptors (Lipinski definition) is 3. The van der Waals surface area contributed by atoms with E-state index >= 15 is 0 Å². The van der Waals surface area contributed by atoms with Crippen LogP contribution < -0.4 is 5.73 Å². The van der Waals surface area contributed by atoms with Crippen molar-refractivity contribution in [3.05, 3.63) is 17.7 Å². The first kappa shape index (κ1) is 9.36. The van der Waals surface area contributed by atoms with Crippen LogP contribution in [0, 0.1) is 0 Å². The molecule has 0 amide bonds. The number of nitrogens with two attached hydrogens (primary N) is 1. The summed E-state index contributed by atoms with van der Waals surface area (Å²) < 4.78 is 7.87. The van der Waals surface area contributed by atoms with Crippen LogP contribution in [0.2, 0.25) is 0 Å². The van der Waals surface area contributed by atoms with Gasteiger partial charge in [-0.3, -0.25) is 0 Å². The smallest absolute Gasteiger partial charge is 0.110 e. The molecule has 4 nitrogen and oxygen atoms in total. The molecule has 0 aromatic carbocycles. The lowest BCUT2D eigenvalue weighted by atomic mass is 10.1. The highest BCUT2D eigenvalue weighted by atomic mass is 16.5. The molecule has 2 unspecified atom stereocenters. The van der Waals surface area contributed by atoms with Crippen molar-refractivity contribution < 1.29 is 4.74 Å². The van der Waals surface area contributed by atoms with Crippen molar-refractivity contribution in [1.29, 1.82) is 0 Å². The molecule has 15 heavy (non-hydrogen) atoms. The molecule has 2 N–H and O–H groups in total. The maximum Gasteiger partial charge on any atom is 0.110 e. The zero-order valence-electron chi connectivity index (χ0n) is 8.85. The largest absolute Gasteiger partial charge is 0.372 e. The molecule has 0 bridgehead atoms. The van der Waals surface area contributed by atoms with Crippen molar-refractivity contribution in [2.75, 3.05) is 6.61 Å². The van der Waals surface area contributed by atoms with Gasteiger partial charge in [-0.1, -0.05) is 0 Å². The van der Waals surface area contributed by atoms with Gasteiger partial charge in [0.25, 0.3) is 0 Å². The molecule has 1 saturated heterocycles. The highest BCUT2D eigenvalue weighted by Gasteiger charge is 2.24. The van der Waals surface area contributed by atoms with E-state index in [2.05, 4.69) is 15.7 Å². The molecule has 1 fully saturated rings. The van der Waals surface area contributed by atoms with Gasteiger partial charge in [-0.2, -0.15) is 0 Å². The maximum absolute atomic E-state index is 5.93. The Morgan fingerprint density at radius 3 is 3.20 bits per heavy atom. The summed E-state index contributed by atoms with van der Waals surface area (Å²) in [6, 6.07) is 0.289. The van der Waals surface area contributed by atoms with Gasteiger partial charge in [0.15, 0.2) is 0 Å². The van der Waals surface area contributed by atoms with Gasteiger partial charge in [-0.05, 0) is 19.3 Å². The van der Waals surface area contributed by atoms with E-state index < -0.39 is 0 Å². The molecule has 0 saturated carbocycles. The van der Waals surface area contributed by atoms with E-state index in [9.17, 15) is 0 Å². The topological polar surface area (TPSA) is 53.1 Å². The van der Waals surface area contributed by atoms with E-state index in [0.717, 1.165) is 50.4 Å². The van der Waals surface area contributed by atoms with Crippen LogP contribution in [0.5, 0.6) is 0 Å². The van der Waals surface area contributed by atoms with Gasteiger partial charge in [0, 0.05) is 31.8 Å². The van der Waals surface area contributed by atoms with Gasteiger partial charge in [-0.15, -0.1) is 0 Å². The normalized spacial score (nSPS) is 30.5. The first-order valence-electron chi connectivity index (χ1n) is 5.76. The van der Waals surface area contributed by atoms with Gasteiger partial charge >= 0.3 is 0 Å². The van der Waals surface area contributed by atoms with Crippen molar-refractivity contribution in [2.45, 2.75) is 44.4 Å². The predicted molar refractivity (Wildman–Crippen MR) is 56.5 cm³/mol. The third-order valence-electron chi connectivity index (χ3n) is 3.32. The second kappa shape index (κ2) is 3.61. The Bertz CT molecular complexity index is 355. The van der Waals surface area contributed by atoms with Gasteiger partial charge < -0.3 is 15.0 Å². The van der Waals surface area contributed by atoms with Gasteiger partial charge in [0.2, 0.25) is 0 Å². The van der Waals surface area contributed by atoms with Crippen LogP contribution in [-0.4, -0.2) is 22.2 Å². The second-order valence-electron chi connectivity index (χ2n) is 4.53. The fourth-order valence-corrected chi connectivity index (χ4v) is 2.44. The number of nitrogens with zero attached hydrogens (tertiary/aromatic N) is 2. The number of aromatic nitrogens is 2. The number of ether oxygens (including phenoxy) is 1. The summed E-state index contributed by atoms with van der Waals surface area (Å²) in [6.45, 7) is 1.89. The molecule has 2 aliphatic heterocycles. The van der Waals surface area contributed by atoms with Crippen molar-refractivity contribution in [3.63, 3.8) is 0 Å². The van der Waals surface area contributed by atoms with E-state index in [1.807, 2.05) is 0 Å². The molecule has 0 radical (unpaired) electrons. The Balaban J connectivity index is 1.85. The summed E-state index contributed by atoms with van der Waals surface area (Å²) in [5.74, 6) is 1.14. The summed E-state index contributed by atoms with van der Waals surface area (Å²) in [5, 5.41) is 0. The number of imidazole rings is 1. The van der Waals surface area contributed by atoms with Crippen molar-refractivity contribution in [2.24, 2.45) is 5.73 Å². The summed E-state index contributed by atoms with van der Waals surface area (Å²) in [5.41, 5.74) is 7.04. The van der Waals surface area contributed by atoms with Gasteiger partial charge in [-0.25, -0.2) is 4.98 Å². The van der Waals surface area contributed by atoms with E-state index in [0.29, 0.717) is 0 Å². The Kier molecular flexibility index (Phi) is 2.25. The SMILES string of the molecule is NC1CCn2cc(C3CCCO3)nc2C1. The fraction of sp³-hybridized carbons (Fsp3) is 0.727. The molecule has 1 aromatic heterocycles.